The van der Waals surface area contributed by atoms with Crippen LogP contribution in [0.3, 0.4) is 0 Å². The zero-order valence-electron chi connectivity index (χ0n) is 28.2. The van der Waals surface area contributed by atoms with E-state index in [9.17, 15) is 20.4 Å². The Morgan fingerprint density at radius 3 is 2.20 bits per heavy atom. The Morgan fingerprint density at radius 2 is 1.50 bits per heavy atom. The van der Waals surface area contributed by atoms with Crippen molar-refractivity contribution in [2.75, 3.05) is 6.61 Å². The molecular formula is C36H58O8. The lowest BCUT2D eigenvalue weighted by Crippen LogP contribution is -2.61. The van der Waals surface area contributed by atoms with Gasteiger partial charge in [-0.2, -0.15) is 0 Å². The monoisotopic (exact) mass is 618 g/mol. The molecule has 3 saturated heterocycles. The molecule has 2 bridgehead atoms. The van der Waals surface area contributed by atoms with Crippen LogP contribution in [0.15, 0.2) is 0 Å². The Morgan fingerprint density at radius 1 is 0.818 bits per heavy atom. The van der Waals surface area contributed by atoms with Gasteiger partial charge in [0.05, 0.1) is 24.9 Å². The number of hydrogen-bond acceptors (Lipinski definition) is 8. The molecule has 0 aromatic rings. The van der Waals surface area contributed by atoms with Crippen molar-refractivity contribution >= 4 is 0 Å². The van der Waals surface area contributed by atoms with Crippen molar-refractivity contribution < 1.29 is 39.4 Å². The Labute approximate surface area is 263 Å². The summed E-state index contributed by atoms with van der Waals surface area (Å²) in [6.45, 7) is 18.6. The standard InChI is InChI=1S/C36H58O8/c1-18-15-20-27(30(2,3)4)44-36(43-20)26(18)32(7)13-14-35-17-34(35)12-11-23(42-28-25(39)24(38)19(37)16-41-28)31(5,6)21(34)9-10-22(35)33(32,8)29(36)40/h18-29,37-40H,9-17H2,1-8H3/t18-,19+,20-,21+,22+,23+,24+,25-,26-,27+,28+,29-,32-,33-,34-,35+,36?/m1/s1. The first-order valence-corrected chi connectivity index (χ1v) is 17.8. The summed E-state index contributed by atoms with van der Waals surface area (Å²) in [5, 5.41) is 43.6. The third-order valence-corrected chi connectivity index (χ3v) is 16.0. The molecule has 8 aliphatic rings. The van der Waals surface area contributed by atoms with Crippen molar-refractivity contribution in [1.82, 2.24) is 0 Å². The van der Waals surface area contributed by atoms with Gasteiger partial charge in [0.25, 0.3) is 0 Å². The summed E-state index contributed by atoms with van der Waals surface area (Å²) in [6.07, 6.45) is 3.35. The topological polar surface area (TPSA) is 118 Å². The highest BCUT2D eigenvalue weighted by atomic mass is 16.8. The summed E-state index contributed by atoms with van der Waals surface area (Å²) in [5.74, 6) is 0.586. The van der Waals surface area contributed by atoms with E-state index < -0.39 is 36.5 Å². The Hall–Kier alpha value is -0.320. The molecule has 17 atom stereocenters. The number of aliphatic hydroxyl groups is 4. The number of hydrogen-bond donors (Lipinski definition) is 4. The molecule has 3 heterocycles. The molecule has 3 aliphatic heterocycles. The molecule has 5 aliphatic carbocycles. The second-order valence-corrected chi connectivity index (χ2v) is 19.0. The van der Waals surface area contributed by atoms with Gasteiger partial charge in [-0.1, -0.05) is 55.4 Å². The van der Waals surface area contributed by atoms with Crippen LogP contribution in [-0.2, 0) is 18.9 Å². The van der Waals surface area contributed by atoms with Crippen molar-refractivity contribution in [2.45, 2.75) is 162 Å². The third-order valence-electron chi connectivity index (χ3n) is 16.0. The average molecular weight is 619 g/mol. The van der Waals surface area contributed by atoms with Gasteiger partial charge < -0.3 is 39.4 Å². The minimum Gasteiger partial charge on any atom is -0.388 e. The first kappa shape index (κ1) is 31.0. The average Bonchev–Trinajstić information content (AvgIpc) is 3.45. The van der Waals surface area contributed by atoms with Crippen molar-refractivity contribution in [3.63, 3.8) is 0 Å². The van der Waals surface area contributed by atoms with Crippen LogP contribution in [0.1, 0.15) is 107 Å². The number of aliphatic hydroxyl groups excluding tert-OH is 4. The van der Waals surface area contributed by atoms with Crippen LogP contribution in [0.5, 0.6) is 0 Å². The maximum absolute atomic E-state index is 12.7. The zero-order chi connectivity index (χ0) is 31.6. The first-order valence-electron chi connectivity index (χ1n) is 17.8. The molecule has 0 aromatic carbocycles. The fourth-order valence-electron chi connectivity index (χ4n) is 14.1. The van der Waals surface area contributed by atoms with E-state index in [4.69, 9.17) is 18.9 Å². The lowest BCUT2D eigenvalue weighted by atomic mass is 9.41. The quantitative estimate of drug-likeness (QED) is 0.337. The lowest BCUT2D eigenvalue weighted by molar-refractivity contribution is -0.303. The molecule has 250 valence electrons. The predicted molar refractivity (Wildman–Crippen MR) is 162 cm³/mol. The summed E-state index contributed by atoms with van der Waals surface area (Å²) in [7, 11) is 0. The van der Waals surface area contributed by atoms with Gasteiger partial charge in [-0.3, -0.25) is 0 Å². The van der Waals surface area contributed by atoms with Gasteiger partial charge in [0.2, 0.25) is 0 Å². The van der Waals surface area contributed by atoms with Crippen LogP contribution in [0.4, 0.5) is 0 Å². The van der Waals surface area contributed by atoms with E-state index in [-0.39, 0.29) is 63.3 Å². The highest BCUT2D eigenvalue weighted by Gasteiger charge is 2.88. The summed E-state index contributed by atoms with van der Waals surface area (Å²) in [5.41, 5.74) is -0.112. The van der Waals surface area contributed by atoms with E-state index in [1.807, 2.05) is 0 Å². The highest BCUT2D eigenvalue weighted by Crippen LogP contribution is 2.90. The van der Waals surface area contributed by atoms with Gasteiger partial charge in [-0.25, -0.2) is 0 Å². The van der Waals surface area contributed by atoms with Gasteiger partial charge in [0, 0.05) is 11.3 Å². The maximum Gasteiger partial charge on any atom is 0.199 e. The van der Waals surface area contributed by atoms with Crippen LogP contribution in [0.2, 0.25) is 0 Å². The lowest BCUT2D eigenvalue weighted by Gasteiger charge is -2.63. The number of fused-ring (bicyclic) bond motifs is 4. The molecule has 5 saturated carbocycles. The normalized spacial score (nSPS) is 62.2. The second-order valence-electron chi connectivity index (χ2n) is 19.0. The molecule has 3 spiro atoms. The van der Waals surface area contributed by atoms with Crippen molar-refractivity contribution in [1.29, 1.82) is 0 Å². The van der Waals surface area contributed by atoms with Crippen molar-refractivity contribution in [3.8, 4) is 0 Å². The smallest absolute Gasteiger partial charge is 0.199 e. The molecule has 8 rings (SSSR count). The van der Waals surface area contributed by atoms with Gasteiger partial charge in [-0.15, -0.1) is 0 Å². The first-order chi connectivity index (χ1) is 20.4. The SMILES string of the molecule is C[C@@H]1C[C@H]2OC3(O[C@@H]2C(C)(C)C)[C@H](O)[C@@]2(C)[C@@H]4CC[C@H]5C(C)(C)[C@@H](O[C@@H]6OC[C@H](O)[C@H](O)[C@H]6O)CC[C@@]56C[C@@]46CC[C@]2(C)[C@@H]13. The van der Waals surface area contributed by atoms with Gasteiger partial charge in [0.1, 0.15) is 24.4 Å². The van der Waals surface area contributed by atoms with Crippen LogP contribution in [0.25, 0.3) is 0 Å². The van der Waals surface area contributed by atoms with E-state index in [0.717, 1.165) is 38.5 Å². The molecule has 0 amide bonds. The maximum atomic E-state index is 12.7. The van der Waals surface area contributed by atoms with Crippen molar-refractivity contribution in [2.24, 2.45) is 56.2 Å². The minimum atomic E-state index is -1.27. The largest absolute Gasteiger partial charge is 0.388 e. The Balaban J connectivity index is 1.10. The highest BCUT2D eigenvalue weighted by molar-refractivity contribution is 5.34. The van der Waals surface area contributed by atoms with E-state index >= 15 is 0 Å². The molecule has 0 aromatic heterocycles. The Bertz CT molecular complexity index is 1200. The van der Waals surface area contributed by atoms with E-state index in [2.05, 4.69) is 55.4 Å². The van der Waals surface area contributed by atoms with Crippen LogP contribution < -0.4 is 0 Å². The fourth-order valence-corrected chi connectivity index (χ4v) is 14.1. The fraction of sp³-hybridized carbons (Fsp3) is 1.00. The molecular weight excluding hydrogens is 560 g/mol. The second kappa shape index (κ2) is 9.02. The van der Waals surface area contributed by atoms with Gasteiger partial charge in [0.15, 0.2) is 12.1 Å². The Kier molecular flexibility index (Phi) is 6.35. The molecule has 8 fully saturated rings. The van der Waals surface area contributed by atoms with Gasteiger partial charge in [-0.05, 0) is 96.2 Å². The molecule has 4 N–H and O–H groups in total. The summed E-state index contributed by atoms with van der Waals surface area (Å²) in [4.78, 5) is 0. The predicted octanol–water partition coefficient (Wildman–Crippen LogP) is 4.40. The summed E-state index contributed by atoms with van der Waals surface area (Å²) < 4.78 is 26.2. The molecule has 8 nitrogen and oxygen atoms in total. The molecule has 1 unspecified atom stereocenters. The third kappa shape index (κ3) is 3.39. The zero-order valence-corrected chi connectivity index (χ0v) is 28.2. The van der Waals surface area contributed by atoms with Crippen LogP contribution >= 0.6 is 0 Å². The van der Waals surface area contributed by atoms with Gasteiger partial charge >= 0.3 is 0 Å². The molecule has 44 heavy (non-hydrogen) atoms. The van der Waals surface area contributed by atoms with E-state index in [1.165, 1.54) is 12.8 Å². The molecule has 8 heteroatoms. The van der Waals surface area contributed by atoms with Crippen LogP contribution in [0, 0.1) is 56.2 Å². The number of rotatable bonds is 2. The summed E-state index contributed by atoms with van der Waals surface area (Å²) >= 11 is 0. The minimum absolute atomic E-state index is 0.0129. The van der Waals surface area contributed by atoms with E-state index in [1.54, 1.807) is 0 Å². The number of ether oxygens (including phenoxy) is 4. The summed E-state index contributed by atoms with van der Waals surface area (Å²) in [6, 6.07) is 0. The van der Waals surface area contributed by atoms with Crippen molar-refractivity contribution in [3.05, 3.63) is 0 Å². The van der Waals surface area contributed by atoms with Crippen LogP contribution in [-0.4, -0.2) is 81.8 Å². The van der Waals surface area contributed by atoms with E-state index in [0.29, 0.717) is 17.8 Å². The molecule has 0 radical (unpaired) electrons.